The Kier molecular flexibility index (Phi) is 6.04. The zero-order valence-corrected chi connectivity index (χ0v) is 15.7. The monoisotopic (exact) mass is 403 g/mol. The van der Waals surface area contributed by atoms with E-state index in [9.17, 15) is 9.59 Å². The molecule has 2 heterocycles. The molecule has 0 saturated carbocycles. The zero-order valence-electron chi connectivity index (χ0n) is 14.1. The first-order valence-electron chi connectivity index (χ1n) is 8.52. The van der Waals surface area contributed by atoms with E-state index >= 15 is 0 Å². The van der Waals surface area contributed by atoms with Crippen LogP contribution in [0.25, 0.3) is 0 Å². The van der Waals surface area contributed by atoms with Crippen molar-refractivity contribution in [3.8, 4) is 0 Å². The second-order valence-corrected chi connectivity index (χ2v) is 7.23. The third-order valence-corrected chi connectivity index (χ3v) is 4.91. The van der Waals surface area contributed by atoms with Crippen LogP contribution in [0.2, 0.25) is 0 Å². The fourth-order valence-corrected chi connectivity index (χ4v) is 3.47. The van der Waals surface area contributed by atoms with Crippen LogP contribution >= 0.6 is 15.9 Å². The average Bonchev–Trinajstić information content (AvgIpc) is 2.85. The van der Waals surface area contributed by atoms with Crippen LogP contribution in [0.4, 0.5) is 0 Å². The number of carbonyl (C=O) groups is 1. The third kappa shape index (κ3) is 5.03. The van der Waals surface area contributed by atoms with Gasteiger partial charge in [0, 0.05) is 49.5 Å². The zero-order chi connectivity index (χ0) is 17.6. The molecule has 1 aromatic carbocycles. The number of rotatable bonds is 4. The van der Waals surface area contributed by atoms with Crippen molar-refractivity contribution in [1.29, 1.82) is 0 Å². The molecule has 1 saturated heterocycles. The van der Waals surface area contributed by atoms with Crippen LogP contribution in [0.1, 0.15) is 12.0 Å². The van der Waals surface area contributed by atoms with Gasteiger partial charge in [-0.05, 0) is 34.0 Å². The van der Waals surface area contributed by atoms with Crippen molar-refractivity contribution in [3.05, 3.63) is 69.1 Å². The van der Waals surface area contributed by atoms with E-state index in [4.69, 9.17) is 0 Å². The summed E-state index contributed by atoms with van der Waals surface area (Å²) in [5.41, 5.74) is 1.14. The molecule has 1 aromatic heterocycles. The molecule has 0 unspecified atom stereocenters. The maximum atomic E-state index is 12.6. The minimum Gasteiger partial charge on any atom is -0.340 e. The molecule has 1 amide bonds. The number of nitrogens with zero attached hydrogens (tertiary/aromatic N) is 3. The molecule has 5 nitrogen and oxygen atoms in total. The van der Waals surface area contributed by atoms with Crippen molar-refractivity contribution >= 4 is 21.8 Å². The molecule has 25 heavy (non-hydrogen) atoms. The molecule has 0 atom stereocenters. The van der Waals surface area contributed by atoms with E-state index in [1.165, 1.54) is 16.2 Å². The van der Waals surface area contributed by atoms with Crippen LogP contribution in [0.15, 0.2) is 57.9 Å². The quantitative estimate of drug-likeness (QED) is 0.786. The van der Waals surface area contributed by atoms with Crippen LogP contribution in [0, 0.1) is 0 Å². The van der Waals surface area contributed by atoms with Gasteiger partial charge in [0.1, 0.15) is 6.54 Å². The van der Waals surface area contributed by atoms with Gasteiger partial charge in [-0.3, -0.25) is 14.5 Å². The Morgan fingerprint density at radius 1 is 1.00 bits per heavy atom. The van der Waals surface area contributed by atoms with E-state index in [0.29, 0.717) is 6.54 Å². The Bertz CT molecular complexity index is 776. The number of hydrogen-bond acceptors (Lipinski definition) is 3. The fraction of sp³-hybridized carbons (Fsp3) is 0.368. The third-order valence-electron chi connectivity index (χ3n) is 4.44. The summed E-state index contributed by atoms with van der Waals surface area (Å²) in [6, 6.07) is 13.6. The predicted octanol–water partition coefficient (Wildman–Crippen LogP) is 2.35. The minimum atomic E-state index is -0.155. The number of pyridine rings is 1. The highest BCUT2D eigenvalue weighted by Crippen LogP contribution is 2.10. The second-order valence-electron chi connectivity index (χ2n) is 6.31. The molecular weight excluding hydrogens is 382 g/mol. The van der Waals surface area contributed by atoms with Crippen LogP contribution in [-0.4, -0.2) is 46.5 Å². The molecule has 132 valence electrons. The number of benzene rings is 1. The van der Waals surface area contributed by atoms with Crippen LogP contribution in [0.5, 0.6) is 0 Å². The van der Waals surface area contributed by atoms with Gasteiger partial charge >= 0.3 is 0 Å². The van der Waals surface area contributed by atoms with Crippen molar-refractivity contribution in [2.45, 2.75) is 19.5 Å². The summed E-state index contributed by atoms with van der Waals surface area (Å²) in [6.45, 7) is 4.29. The van der Waals surface area contributed by atoms with Crippen LogP contribution in [-0.2, 0) is 17.9 Å². The highest BCUT2D eigenvalue weighted by atomic mass is 79.9. The minimum absolute atomic E-state index is 0.00163. The van der Waals surface area contributed by atoms with Gasteiger partial charge in [0.15, 0.2) is 0 Å². The summed E-state index contributed by atoms with van der Waals surface area (Å²) in [4.78, 5) is 28.7. The SMILES string of the molecule is O=C(Cn1cc(Br)ccc1=O)N1CCCN(Cc2ccccc2)CC1. The number of carbonyl (C=O) groups excluding carboxylic acids is 1. The van der Waals surface area contributed by atoms with Gasteiger partial charge in [0.2, 0.25) is 5.91 Å². The molecule has 3 rings (SSSR count). The lowest BCUT2D eigenvalue weighted by Crippen LogP contribution is -2.38. The second kappa shape index (κ2) is 8.45. The first-order chi connectivity index (χ1) is 12.1. The molecule has 1 fully saturated rings. The summed E-state index contributed by atoms with van der Waals surface area (Å²) >= 11 is 3.34. The van der Waals surface area contributed by atoms with Crippen molar-refractivity contribution in [2.75, 3.05) is 26.2 Å². The number of hydrogen-bond donors (Lipinski definition) is 0. The fourth-order valence-electron chi connectivity index (χ4n) is 3.09. The molecule has 1 aliphatic rings. The maximum Gasteiger partial charge on any atom is 0.251 e. The van der Waals surface area contributed by atoms with Gasteiger partial charge in [0.05, 0.1) is 0 Å². The predicted molar refractivity (Wildman–Crippen MR) is 101 cm³/mol. The Morgan fingerprint density at radius 2 is 1.80 bits per heavy atom. The number of amides is 1. The average molecular weight is 404 g/mol. The van der Waals surface area contributed by atoms with E-state index in [0.717, 1.165) is 37.1 Å². The van der Waals surface area contributed by atoms with Gasteiger partial charge in [0.25, 0.3) is 5.56 Å². The first kappa shape index (κ1) is 17.9. The molecule has 0 N–H and O–H groups in total. The van der Waals surface area contributed by atoms with Crippen LogP contribution in [0.3, 0.4) is 0 Å². The molecular formula is C19H22BrN3O2. The Labute approximate surface area is 156 Å². The van der Waals surface area contributed by atoms with E-state index in [2.05, 4.69) is 45.1 Å². The summed E-state index contributed by atoms with van der Waals surface area (Å²) < 4.78 is 2.25. The molecule has 6 heteroatoms. The van der Waals surface area contributed by atoms with Crippen LogP contribution < -0.4 is 5.56 Å². The van der Waals surface area contributed by atoms with Gasteiger partial charge in [-0.2, -0.15) is 0 Å². The van der Waals surface area contributed by atoms with Crippen molar-refractivity contribution in [1.82, 2.24) is 14.4 Å². The van der Waals surface area contributed by atoms with E-state index in [-0.39, 0.29) is 18.0 Å². The highest BCUT2D eigenvalue weighted by molar-refractivity contribution is 9.10. The van der Waals surface area contributed by atoms with Crippen molar-refractivity contribution in [2.24, 2.45) is 0 Å². The van der Waals surface area contributed by atoms with Gasteiger partial charge in [-0.25, -0.2) is 0 Å². The van der Waals surface area contributed by atoms with Crippen molar-refractivity contribution < 1.29 is 4.79 Å². The van der Waals surface area contributed by atoms with Gasteiger partial charge in [-0.1, -0.05) is 30.3 Å². The lowest BCUT2D eigenvalue weighted by molar-refractivity contribution is -0.131. The number of aromatic nitrogens is 1. The Hall–Kier alpha value is -1.92. The molecule has 0 bridgehead atoms. The maximum absolute atomic E-state index is 12.6. The smallest absolute Gasteiger partial charge is 0.251 e. The summed E-state index contributed by atoms with van der Waals surface area (Å²) in [5.74, 6) is 0.00163. The van der Waals surface area contributed by atoms with E-state index in [1.807, 2.05) is 11.0 Å². The van der Waals surface area contributed by atoms with E-state index < -0.39 is 0 Å². The topological polar surface area (TPSA) is 45.6 Å². The van der Waals surface area contributed by atoms with E-state index in [1.54, 1.807) is 12.3 Å². The Morgan fingerprint density at radius 3 is 2.60 bits per heavy atom. The molecule has 0 aliphatic carbocycles. The van der Waals surface area contributed by atoms with Crippen molar-refractivity contribution in [3.63, 3.8) is 0 Å². The molecule has 0 spiro atoms. The lowest BCUT2D eigenvalue weighted by Gasteiger charge is -2.22. The summed E-state index contributed by atoms with van der Waals surface area (Å²) in [7, 11) is 0. The number of halogens is 1. The highest BCUT2D eigenvalue weighted by Gasteiger charge is 2.19. The normalized spacial score (nSPS) is 15.8. The van der Waals surface area contributed by atoms with Gasteiger partial charge < -0.3 is 9.47 Å². The molecule has 2 aromatic rings. The molecule has 1 aliphatic heterocycles. The lowest BCUT2D eigenvalue weighted by atomic mass is 10.2. The summed E-state index contributed by atoms with van der Waals surface area (Å²) in [6.07, 6.45) is 2.62. The Balaban J connectivity index is 1.58. The van der Waals surface area contributed by atoms with Gasteiger partial charge in [-0.15, -0.1) is 0 Å². The standard InChI is InChI=1S/C19H22BrN3O2/c20-17-7-8-18(24)23(14-17)15-19(25)22-10-4-9-21(11-12-22)13-16-5-2-1-3-6-16/h1-3,5-8,14H,4,9-13,15H2. The first-order valence-corrected chi connectivity index (χ1v) is 9.31. The summed E-state index contributed by atoms with van der Waals surface area (Å²) in [5, 5.41) is 0. The largest absolute Gasteiger partial charge is 0.340 e. The molecule has 0 radical (unpaired) electrons.